The molecule has 0 radical (unpaired) electrons. The molecule has 0 saturated heterocycles. The Balaban J connectivity index is 1.95. The third kappa shape index (κ3) is 3.38. The van der Waals surface area contributed by atoms with Gasteiger partial charge in [0.15, 0.2) is 0 Å². The molecule has 2 aromatic rings. The maximum absolute atomic E-state index is 4.45. The molecular formula is C14H18N2S. The molecule has 0 saturated carbocycles. The number of benzene rings is 1. The number of aryl methyl sites for hydroxylation is 2. The van der Waals surface area contributed by atoms with Gasteiger partial charge in [0.2, 0.25) is 0 Å². The fourth-order valence-electron chi connectivity index (χ4n) is 1.80. The van der Waals surface area contributed by atoms with Gasteiger partial charge in [-0.2, -0.15) is 0 Å². The lowest BCUT2D eigenvalue weighted by molar-refractivity contribution is 0.568. The van der Waals surface area contributed by atoms with Gasteiger partial charge in [-0.1, -0.05) is 29.8 Å². The second-order valence-corrected chi connectivity index (χ2v) is 5.44. The lowest BCUT2D eigenvalue weighted by Gasteiger charge is -2.13. The van der Waals surface area contributed by atoms with Crippen molar-refractivity contribution >= 4 is 11.3 Å². The normalized spacial score (nSPS) is 12.6. The molecule has 0 aliphatic carbocycles. The number of nitrogens with zero attached hydrogens (tertiary/aromatic N) is 1. The molecule has 0 unspecified atom stereocenters. The SMILES string of the molecule is Cc1cccc([C@H](C)NCc2csc(C)n2)c1. The first-order valence-electron chi connectivity index (χ1n) is 5.86. The van der Waals surface area contributed by atoms with Crippen LogP contribution in [0.2, 0.25) is 0 Å². The van der Waals surface area contributed by atoms with Gasteiger partial charge >= 0.3 is 0 Å². The van der Waals surface area contributed by atoms with Crippen LogP contribution in [0.25, 0.3) is 0 Å². The lowest BCUT2D eigenvalue weighted by Crippen LogP contribution is -2.18. The van der Waals surface area contributed by atoms with Crippen LogP contribution in [-0.4, -0.2) is 4.98 Å². The van der Waals surface area contributed by atoms with Gasteiger partial charge in [0.1, 0.15) is 0 Å². The van der Waals surface area contributed by atoms with Crippen LogP contribution in [-0.2, 0) is 6.54 Å². The van der Waals surface area contributed by atoms with Crippen molar-refractivity contribution in [2.75, 3.05) is 0 Å². The fraction of sp³-hybridized carbons (Fsp3) is 0.357. The van der Waals surface area contributed by atoms with Gasteiger partial charge in [0.05, 0.1) is 10.7 Å². The molecule has 17 heavy (non-hydrogen) atoms. The van der Waals surface area contributed by atoms with Gasteiger partial charge in [-0.05, 0) is 26.3 Å². The third-order valence-corrected chi connectivity index (χ3v) is 3.62. The smallest absolute Gasteiger partial charge is 0.0897 e. The van der Waals surface area contributed by atoms with E-state index in [1.54, 1.807) is 11.3 Å². The van der Waals surface area contributed by atoms with E-state index >= 15 is 0 Å². The highest BCUT2D eigenvalue weighted by Crippen LogP contribution is 2.15. The number of nitrogens with one attached hydrogen (secondary N) is 1. The maximum Gasteiger partial charge on any atom is 0.0897 e. The summed E-state index contributed by atoms with van der Waals surface area (Å²) in [5.74, 6) is 0. The van der Waals surface area contributed by atoms with Crippen LogP contribution in [0.1, 0.15) is 34.8 Å². The van der Waals surface area contributed by atoms with Crippen LogP contribution in [0, 0.1) is 13.8 Å². The fourth-order valence-corrected chi connectivity index (χ4v) is 2.42. The summed E-state index contributed by atoms with van der Waals surface area (Å²) in [5.41, 5.74) is 3.77. The number of aromatic nitrogens is 1. The summed E-state index contributed by atoms with van der Waals surface area (Å²) in [4.78, 5) is 4.45. The largest absolute Gasteiger partial charge is 0.305 e. The highest BCUT2D eigenvalue weighted by Gasteiger charge is 2.05. The first-order chi connectivity index (χ1) is 8.15. The molecule has 0 aliphatic heterocycles. The number of hydrogen-bond acceptors (Lipinski definition) is 3. The van der Waals surface area contributed by atoms with E-state index in [2.05, 4.69) is 53.8 Å². The molecule has 3 heteroatoms. The first kappa shape index (κ1) is 12.3. The zero-order chi connectivity index (χ0) is 12.3. The van der Waals surface area contributed by atoms with Gasteiger partial charge in [-0.15, -0.1) is 11.3 Å². The Hall–Kier alpha value is -1.19. The van der Waals surface area contributed by atoms with E-state index in [1.807, 2.05) is 6.92 Å². The molecular weight excluding hydrogens is 228 g/mol. The molecule has 1 aromatic carbocycles. The predicted molar refractivity (Wildman–Crippen MR) is 73.3 cm³/mol. The van der Waals surface area contributed by atoms with Gasteiger partial charge < -0.3 is 5.32 Å². The van der Waals surface area contributed by atoms with E-state index in [0.29, 0.717) is 6.04 Å². The van der Waals surface area contributed by atoms with Crippen molar-refractivity contribution in [2.45, 2.75) is 33.4 Å². The first-order valence-corrected chi connectivity index (χ1v) is 6.74. The Labute approximate surface area is 107 Å². The summed E-state index contributed by atoms with van der Waals surface area (Å²) >= 11 is 1.70. The van der Waals surface area contributed by atoms with E-state index in [0.717, 1.165) is 17.2 Å². The summed E-state index contributed by atoms with van der Waals surface area (Å²) in [6.45, 7) is 7.19. The Kier molecular flexibility index (Phi) is 3.92. The lowest BCUT2D eigenvalue weighted by atomic mass is 10.1. The van der Waals surface area contributed by atoms with E-state index in [9.17, 15) is 0 Å². The quantitative estimate of drug-likeness (QED) is 0.891. The van der Waals surface area contributed by atoms with Crippen molar-refractivity contribution in [3.05, 3.63) is 51.5 Å². The summed E-state index contributed by atoms with van der Waals surface area (Å²) < 4.78 is 0. The average Bonchev–Trinajstić information content (AvgIpc) is 2.72. The molecule has 2 rings (SSSR count). The van der Waals surface area contributed by atoms with Gasteiger partial charge in [-0.3, -0.25) is 0 Å². The molecule has 0 spiro atoms. The van der Waals surface area contributed by atoms with E-state index in [4.69, 9.17) is 0 Å². The van der Waals surface area contributed by atoms with Crippen LogP contribution >= 0.6 is 11.3 Å². The van der Waals surface area contributed by atoms with E-state index in [-0.39, 0.29) is 0 Å². The van der Waals surface area contributed by atoms with Crippen molar-refractivity contribution in [1.29, 1.82) is 0 Å². The number of hydrogen-bond donors (Lipinski definition) is 1. The predicted octanol–water partition coefficient (Wildman–Crippen LogP) is 3.61. The molecule has 1 heterocycles. The minimum absolute atomic E-state index is 0.358. The Bertz CT molecular complexity index is 490. The molecule has 2 nitrogen and oxygen atoms in total. The van der Waals surface area contributed by atoms with Crippen molar-refractivity contribution in [1.82, 2.24) is 10.3 Å². The van der Waals surface area contributed by atoms with Crippen LogP contribution in [0.15, 0.2) is 29.6 Å². The summed E-state index contributed by atoms with van der Waals surface area (Å²) in [5, 5.41) is 6.75. The second-order valence-electron chi connectivity index (χ2n) is 4.37. The third-order valence-electron chi connectivity index (χ3n) is 2.80. The summed E-state index contributed by atoms with van der Waals surface area (Å²) in [6.07, 6.45) is 0. The number of thiazole rings is 1. The highest BCUT2D eigenvalue weighted by atomic mass is 32.1. The van der Waals surface area contributed by atoms with E-state index < -0.39 is 0 Å². The van der Waals surface area contributed by atoms with Crippen LogP contribution in [0.3, 0.4) is 0 Å². The molecule has 1 N–H and O–H groups in total. The Morgan fingerprint density at radius 2 is 2.18 bits per heavy atom. The van der Waals surface area contributed by atoms with Gasteiger partial charge in [-0.25, -0.2) is 4.98 Å². The Morgan fingerprint density at radius 3 is 2.82 bits per heavy atom. The molecule has 0 aliphatic rings. The minimum Gasteiger partial charge on any atom is -0.305 e. The zero-order valence-corrected chi connectivity index (χ0v) is 11.3. The molecule has 0 bridgehead atoms. The van der Waals surface area contributed by atoms with Crippen LogP contribution in [0.5, 0.6) is 0 Å². The van der Waals surface area contributed by atoms with Crippen molar-refractivity contribution in [3.63, 3.8) is 0 Å². The topological polar surface area (TPSA) is 24.9 Å². The molecule has 0 fully saturated rings. The molecule has 90 valence electrons. The zero-order valence-electron chi connectivity index (χ0n) is 10.5. The molecule has 0 amide bonds. The van der Waals surface area contributed by atoms with Crippen molar-refractivity contribution in [3.8, 4) is 0 Å². The minimum atomic E-state index is 0.358. The van der Waals surface area contributed by atoms with Crippen LogP contribution in [0.4, 0.5) is 0 Å². The average molecular weight is 246 g/mol. The van der Waals surface area contributed by atoms with Crippen LogP contribution < -0.4 is 5.32 Å². The molecule has 1 aromatic heterocycles. The second kappa shape index (κ2) is 5.43. The van der Waals surface area contributed by atoms with Crippen molar-refractivity contribution in [2.24, 2.45) is 0 Å². The monoisotopic (exact) mass is 246 g/mol. The summed E-state index contributed by atoms with van der Waals surface area (Å²) in [7, 11) is 0. The standard InChI is InChI=1S/C14H18N2S/c1-10-5-4-6-13(7-10)11(2)15-8-14-9-17-12(3)16-14/h4-7,9,11,15H,8H2,1-3H3/t11-/m0/s1. The maximum atomic E-state index is 4.45. The highest BCUT2D eigenvalue weighted by molar-refractivity contribution is 7.09. The van der Waals surface area contributed by atoms with Gasteiger partial charge in [0.25, 0.3) is 0 Å². The van der Waals surface area contributed by atoms with Crippen molar-refractivity contribution < 1.29 is 0 Å². The Morgan fingerprint density at radius 1 is 1.35 bits per heavy atom. The van der Waals surface area contributed by atoms with Gasteiger partial charge in [0, 0.05) is 18.0 Å². The molecule has 1 atom stereocenters. The summed E-state index contributed by atoms with van der Waals surface area (Å²) in [6, 6.07) is 8.98. The van der Waals surface area contributed by atoms with E-state index in [1.165, 1.54) is 11.1 Å². The number of rotatable bonds is 4.